The van der Waals surface area contributed by atoms with Gasteiger partial charge < -0.3 is 10.2 Å². The Kier molecular flexibility index (Phi) is 5.43. The van der Waals surface area contributed by atoms with Crippen molar-refractivity contribution in [1.82, 2.24) is 15.1 Å². The minimum atomic E-state index is -0.202. The van der Waals surface area contributed by atoms with Crippen molar-refractivity contribution in [1.29, 1.82) is 0 Å². The number of hydrogen-bond acceptors (Lipinski definition) is 4. The summed E-state index contributed by atoms with van der Waals surface area (Å²) in [4.78, 5) is 14.3. The van der Waals surface area contributed by atoms with Crippen LogP contribution in [-0.4, -0.2) is 35.5 Å². The highest BCUT2D eigenvalue weighted by Gasteiger charge is 2.21. The van der Waals surface area contributed by atoms with Crippen molar-refractivity contribution in [3.63, 3.8) is 0 Å². The van der Waals surface area contributed by atoms with Gasteiger partial charge in [0.05, 0.1) is 11.9 Å². The molecule has 1 aliphatic rings. The molecule has 1 aromatic rings. The van der Waals surface area contributed by atoms with Crippen LogP contribution in [0.2, 0.25) is 5.02 Å². The lowest BCUT2D eigenvalue weighted by Gasteiger charge is -2.28. The molecule has 0 bridgehead atoms. The molecule has 20 heavy (non-hydrogen) atoms. The molecule has 112 valence electrons. The van der Waals surface area contributed by atoms with Crippen molar-refractivity contribution in [2.45, 2.75) is 45.7 Å². The zero-order valence-electron chi connectivity index (χ0n) is 12.2. The summed E-state index contributed by atoms with van der Waals surface area (Å²) >= 11 is 6.26. The van der Waals surface area contributed by atoms with E-state index in [1.165, 1.54) is 17.5 Å². The Morgan fingerprint density at radius 2 is 2.35 bits per heavy atom. The molecule has 0 aliphatic carbocycles. The highest BCUT2D eigenvalue weighted by Crippen LogP contribution is 2.22. The van der Waals surface area contributed by atoms with Gasteiger partial charge in [0.1, 0.15) is 5.02 Å². The van der Waals surface area contributed by atoms with E-state index >= 15 is 0 Å². The van der Waals surface area contributed by atoms with E-state index in [-0.39, 0.29) is 10.6 Å². The first-order valence-corrected chi connectivity index (χ1v) is 7.79. The Balaban J connectivity index is 2.24. The predicted molar refractivity (Wildman–Crippen MR) is 82.7 cm³/mol. The summed E-state index contributed by atoms with van der Waals surface area (Å²) < 4.78 is 1.39. The van der Waals surface area contributed by atoms with Gasteiger partial charge in [-0.05, 0) is 32.7 Å². The van der Waals surface area contributed by atoms with Crippen LogP contribution in [0.1, 0.15) is 33.1 Å². The molecule has 1 atom stereocenters. The Labute approximate surface area is 124 Å². The minimum absolute atomic E-state index is 0.202. The Bertz CT molecular complexity index is 496. The van der Waals surface area contributed by atoms with E-state index in [1.54, 1.807) is 6.20 Å². The van der Waals surface area contributed by atoms with Crippen molar-refractivity contribution >= 4 is 17.3 Å². The van der Waals surface area contributed by atoms with Gasteiger partial charge in [-0.2, -0.15) is 5.10 Å². The fourth-order valence-electron chi connectivity index (χ4n) is 2.66. The van der Waals surface area contributed by atoms with Gasteiger partial charge in [-0.15, -0.1) is 0 Å². The van der Waals surface area contributed by atoms with Crippen molar-refractivity contribution in [3.05, 3.63) is 21.6 Å². The third-order valence-electron chi connectivity index (χ3n) is 3.70. The summed E-state index contributed by atoms with van der Waals surface area (Å²) in [5, 5.41) is 7.96. The van der Waals surface area contributed by atoms with E-state index in [1.807, 2.05) is 6.92 Å². The van der Waals surface area contributed by atoms with Gasteiger partial charge in [-0.1, -0.05) is 18.5 Å². The first kappa shape index (κ1) is 15.3. The number of anilines is 1. The van der Waals surface area contributed by atoms with E-state index in [0.717, 1.165) is 31.7 Å². The quantitative estimate of drug-likeness (QED) is 0.871. The fraction of sp³-hybridized carbons (Fsp3) is 0.714. The lowest BCUT2D eigenvalue weighted by molar-refractivity contribution is 0.572. The summed E-state index contributed by atoms with van der Waals surface area (Å²) in [6, 6.07) is 0.478. The smallest absolute Gasteiger partial charge is 0.287 e. The summed E-state index contributed by atoms with van der Waals surface area (Å²) in [6.07, 6.45) is 5.13. The van der Waals surface area contributed by atoms with Crippen molar-refractivity contribution < 1.29 is 0 Å². The molecule has 0 radical (unpaired) electrons. The largest absolute Gasteiger partial charge is 0.367 e. The Hall–Kier alpha value is -1.07. The van der Waals surface area contributed by atoms with Gasteiger partial charge in [0.2, 0.25) is 0 Å². The van der Waals surface area contributed by atoms with Crippen molar-refractivity contribution in [2.24, 2.45) is 0 Å². The fourth-order valence-corrected chi connectivity index (χ4v) is 2.93. The molecular weight excluding hydrogens is 276 g/mol. The van der Waals surface area contributed by atoms with E-state index in [2.05, 4.69) is 22.2 Å². The second-order valence-electron chi connectivity index (χ2n) is 5.20. The molecule has 0 amide bonds. The van der Waals surface area contributed by atoms with E-state index < -0.39 is 0 Å². The number of aryl methyl sites for hydroxylation is 1. The first-order valence-electron chi connectivity index (χ1n) is 7.41. The molecule has 0 aromatic carbocycles. The molecule has 0 spiro atoms. The van der Waals surface area contributed by atoms with Crippen LogP contribution in [0.3, 0.4) is 0 Å². The number of hydrogen-bond donors (Lipinski definition) is 1. The van der Waals surface area contributed by atoms with Crippen LogP contribution in [0.4, 0.5) is 5.69 Å². The molecular formula is C14H23ClN4O. The summed E-state index contributed by atoms with van der Waals surface area (Å²) in [5.74, 6) is 0. The van der Waals surface area contributed by atoms with Gasteiger partial charge >= 0.3 is 0 Å². The normalized spacial score (nSPS) is 18.4. The van der Waals surface area contributed by atoms with Crippen LogP contribution < -0.4 is 15.8 Å². The number of rotatable bonds is 6. The minimum Gasteiger partial charge on any atom is -0.367 e. The van der Waals surface area contributed by atoms with Crippen LogP contribution in [0, 0.1) is 0 Å². The van der Waals surface area contributed by atoms with Crippen molar-refractivity contribution in [2.75, 3.05) is 24.5 Å². The molecule has 2 heterocycles. The average molecular weight is 299 g/mol. The Morgan fingerprint density at radius 3 is 2.95 bits per heavy atom. The van der Waals surface area contributed by atoms with Gasteiger partial charge in [0, 0.05) is 25.7 Å². The molecule has 2 rings (SSSR count). The Morgan fingerprint density at radius 1 is 1.55 bits per heavy atom. The van der Waals surface area contributed by atoms with Gasteiger partial charge in [0.25, 0.3) is 5.56 Å². The average Bonchev–Trinajstić information content (AvgIpc) is 2.94. The lowest BCUT2D eigenvalue weighted by Crippen LogP contribution is -2.39. The summed E-state index contributed by atoms with van der Waals surface area (Å²) in [7, 11) is 0. The molecule has 0 saturated carbocycles. The molecule has 1 unspecified atom stereocenters. The van der Waals surface area contributed by atoms with Gasteiger partial charge in [0.15, 0.2) is 0 Å². The monoisotopic (exact) mass is 298 g/mol. The molecule has 6 heteroatoms. The summed E-state index contributed by atoms with van der Waals surface area (Å²) in [6.45, 7) is 7.39. The number of aromatic nitrogens is 2. The summed E-state index contributed by atoms with van der Waals surface area (Å²) in [5.41, 5.74) is 0.559. The maximum absolute atomic E-state index is 12.1. The first-order chi connectivity index (χ1) is 9.67. The number of halogens is 1. The second-order valence-corrected chi connectivity index (χ2v) is 5.58. The van der Waals surface area contributed by atoms with E-state index in [0.29, 0.717) is 12.6 Å². The van der Waals surface area contributed by atoms with Crippen LogP contribution in [0.25, 0.3) is 0 Å². The van der Waals surface area contributed by atoms with Crippen LogP contribution in [-0.2, 0) is 6.54 Å². The highest BCUT2D eigenvalue weighted by molar-refractivity contribution is 6.33. The third-order valence-corrected chi connectivity index (χ3v) is 4.06. The van der Waals surface area contributed by atoms with Gasteiger partial charge in [-0.3, -0.25) is 4.79 Å². The van der Waals surface area contributed by atoms with Crippen LogP contribution in [0.15, 0.2) is 11.0 Å². The molecule has 1 fully saturated rings. The van der Waals surface area contributed by atoms with Crippen LogP contribution in [0.5, 0.6) is 0 Å². The molecule has 5 nitrogen and oxygen atoms in total. The number of nitrogens with zero attached hydrogens (tertiary/aromatic N) is 3. The maximum Gasteiger partial charge on any atom is 0.287 e. The molecule has 1 aliphatic heterocycles. The standard InChI is InChI=1S/C14H23ClN4O/c1-3-8-18(10-11-6-5-7-16-11)12-9-17-19(4-2)14(20)13(12)15/h9,11,16H,3-8,10H2,1-2H3. The molecule has 1 N–H and O–H groups in total. The lowest BCUT2D eigenvalue weighted by atomic mass is 10.2. The van der Waals surface area contributed by atoms with Crippen molar-refractivity contribution in [3.8, 4) is 0 Å². The van der Waals surface area contributed by atoms with E-state index in [9.17, 15) is 4.79 Å². The highest BCUT2D eigenvalue weighted by atomic mass is 35.5. The zero-order valence-corrected chi connectivity index (χ0v) is 13.0. The zero-order chi connectivity index (χ0) is 14.5. The van der Waals surface area contributed by atoms with Crippen LogP contribution >= 0.6 is 11.6 Å². The topological polar surface area (TPSA) is 50.2 Å². The molecule has 1 saturated heterocycles. The van der Waals surface area contributed by atoms with E-state index in [4.69, 9.17) is 11.6 Å². The number of nitrogens with one attached hydrogen (secondary N) is 1. The van der Waals surface area contributed by atoms with Gasteiger partial charge in [-0.25, -0.2) is 4.68 Å². The SMILES string of the molecule is CCCN(CC1CCCN1)c1cnn(CC)c(=O)c1Cl. The predicted octanol–water partition coefficient (Wildman–Crippen LogP) is 1.88. The second kappa shape index (κ2) is 7.09. The maximum atomic E-state index is 12.1. The third kappa shape index (κ3) is 3.33. The molecule has 1 aromatic heterocycles.